The summed E-state index contributed by atoms with van der Waals surface area (Å²) in [6.45, 7) is 6.01. The predicted octanol–water partition coefficient (Wildman–Crippen LogP) is 2.07. The molecule has 140 valence electrons. The second-order valence-corrected chi connectivity index (χ2v) is 7.61. The Morgan fingerprint density at radius 3 is 2.60 bits per heavy atom. The average molecular weight is 368 g/mol. The Kier molecular flexibility index (Phi) is 6.98. The van der Waals surface area contributed by atoms with Crippen LogP contribution in [0.15, 0.2) is 5.16 Å². The number of nitrogens with zero attached hydrogens (tertiary/aromatic N) is 4. The zero-order chi connectivity index (χ0) is 17.5. The van der Waals surface area contributed by atoms with Crippen molar-refractivity contribution in [1.82, 2.24) is 20.1 Å². The third-order valence-corrected chi connectivity index (χ3v) is 5.83. The average Bonchev–Trinajstić information content (AvgIpc) is 2.89. The molecule has 0 bridgehead atoms. The summed E-state index contributed by atoms with van der Waals surface area (Å²) >= 11 is 1.48. The van der Waals surface area contributed by atoms with Crippen LogP contribution in [0.25, 0.3) is 0 Å². The van der Waals surface area contributed by atoms with Gasteiger partial charge in [-0.25, -0.2) is 0 Å². The minimum Gasteiger partial charge on any atom is -0.378 e. The molecule has 3 rings (SSSR count). The zero-order valence-corrected chi connectivity index (χ0v) is 15.9. The molecule has 1 aromatic rings. The number of hydrogen-bond acceptors (Lipinski definition) is 6. The number of rotatable bonds is 6. The first-order valence-corrected chi connectivity index (χ1v) is 10.4. The van der Waals surface area contributed by atoms with E-state index in [4.69, 9.17) is 4.74 Å². The Morgan fingerprint density at radius 1 is 1.20 bits per heavy atom. The normalized spacial score (nSPS) is 19.6. The number of anilines is 1. The second kappa shape index (κ2) is 9.43. The van der Waals surface area contributed by atoms with Crippen LogP contribution in [-0.2, 0) is 16.1 Å². The van der Waals surface area contributed by atoms with Crippen LogP contribution >= 0.6 is 11.8 Å². The van der Waals surface area contributed by atoms with E-state index in [0.29, 0.717) is 11.8 Å². The second-order valence-electron chi connectivity index (χ2n) is 6.67. The van der Waals surface area contributed by atoms with Crippen molar-refractivity contribution in [2.75, 3.05) is 37.0 Å². The quantitative estimate of drug-likeness (QED) is 0.613. The summed E-state index contributed by atoms with van der Waals surface area (Å²) in [6.07, 6.45) is 7.28. The van der Waals surface area contributed by atoms with Crippen LogP contribution in [0.5, 0.6) is 0 Å². The van der Waals surface area contributed by atoms with Crippen molar-refractivity contribution in [1.29, 1.82) is 0 Å². The molecule has 1 aliphatic heterocycles. The molecule has 1 saturated heterocycles. The molecule has 1 aromatic heterocycles. The summed E-state index contributed by atoms with van der Waals surface area (Å²) in [6, 6.07) is 0.351. The Labute approximate surface area is 153 Å². The molecule has 0 aromatic carbocycles. The van der Waals surface area contributed by atoms with E-state index in [2.05, 4.69) is 31.9 Å². The van der Waals surface area contributed by atoms with Crippen molar-refractivity contribution in [3.05, 3.63) is 0 Å². The van der Waals surface area contributed by atoms with Crippen LogP contribution in [0.1, 0.15) is 45.4 Å². The van der Waals surface area contributed by atoms with Crippen molar-refractivity contribution in [2.24, 2.45) is 0 Å². The predicted molar refractivity (Wildman–Crippen MR) is 99.1 cm³/mol. The van der Waals surface area contributed by atoms with Crippen molar-refractivity contribution < 1.29 is 9.53 Å². The molecule has 8 heteroatoms. The van der Waals surface area contributed by atoms with E-state index < -0.39 is 0 Å². The number of carbonyl (C=O) groups is 1. The lowest BCUT2D eigenvalue weighted by molar-refractivity contribution is -0.119. The van der Waals surface area contributed by atoms with Gasteiger partial charge in [0.1, 0.15) is 0 Å². The fourth-order valence-corrected chi connectivity index (χ4v) is 4.29. The molecule has 7 nitrogen and oxygen atoms in total. The molecule has 1 aliphatic carbocycles. The number of carbonyl (C=O) groups excluding carboxylic acids is 1. The third-order valence-electron chi connectivity index (χ3n) is 4.86. The van der Waals surface area contributed by atoms with Crippen LogP contribution < -0.4 is 10.2 Å². The van der Waals surface area contributed by atoms with Crippen LogP contribution in [0.2, 0.25) is 0 Å². The van der Waals surface area contributed by atoms with Gasteiger partial charge in [0.05, 0.1) is 19.0 Å². The molecule has 1 N–H and O–H groups in total. The van der Waals surface area contributed by atoms with Gasteiger partial charge in [-0.05, 0) is 19.8 Å². The largest absolute Gasteiger partial charge is 0.378 e. The number of morpholine rings is 1. The fraction of sp³-hybridized carbons (Fsp3) is 0.824. The molecule has 2 fully saturated rings. The Hall–Kier alpha value is -1.28. The first kappa shape index (κ1) is 18.5. The van der Waals surface area contributed by atoms with Crippen molar-refractivity contribution in [3.8, 4) is 0 Å². The van der Waals surface area contributed by atoms with Crippen LogP contribution in [0.4, 0.5) is 5.95 Å². The third kappa shape index (κ3) is 5.10. The number of hydrogen-bond donors (Lipinski definition) is 1. The molecule has 0 spiro atoms. The van der Waals surface area contributed by atoms with Gasteiger partial charge in [-0.2, -0.15) is 0 Å². The number of thioether (sulfide) groups is 1. The highest BCUT2D eigenvalue weighted by Gasteiger charge is 2.21. The lowest BCUT2D eigenvalue weighted by atomic mass is 10.1. The number of nitrogens with one attached hydrogen (secondary N) is 1. The van der Waals surface area contributed by atoms with Gasteiger partial charge in [-0.15, -0.1) is 10.2 Å². The van der Waals surface area contributed by atoms with Crippen LogP contribution in [0.3, 0.4) is 0 Å². The van der Waals surface area contributed by atoms with E-state index in [1.807, 2.05) is 0 Å². The van der Waals surface area contributed by atoms with Crippen LogP contribution in [-0.4, -0.2) is 58.8 Å². The Bertz CT molecular complexity index is 551. The summed E-state index contributed by atoms with van der Waals surface area (Å²) < 4.78 is 7.50. The van der Waals surface area contributed by atoms with Gasteiger partial charge in [-0.3, -0.25) is 9.36 Å². The minimum absolute atomic E-state index is 0.107. The smallest absolute Gasteiger partial charge is 0.230 e. The maximum atomic E-state index is 12.3. The van der Waals surface area contributed by atoms with Crippen LogP contribution in [0, 0.1) is 0 Å². The van der Waals surface area contributed by atoms with E-state index in [1.54, 1.807) is 0 Å². The van der Waals surface area contributed by atoms with Gasteiger partial charge in [0.25, 0.3) is 0 Å². The minimum atomic E-state index is 0.107. The molecular formula is C17H29N5O2S. The lowest BCUT2D eigenvalue weighted by Gasteiger charge is -2.27. The monoisotopic (exact) mass is 367 g/mol. The molecule has 2 aliphatic rings. The van der Waals surface area contributed by atoms with Gasteiger partial charge >= 0.3 is 0 Å². The summed E-state index contributed by atoms with van der Waals surface area (Å²) in [5.41, 5.74) is 0. The summed E-state index contributed by atoms with van der Waals surface area (Å²) in [5.74, 6) is 1.39. The van der Waals surface area contributed by atoms with E-state index in [9.17, 15) is 4.79 Å². The van der Waals surface area contributed by atoms with Gasteiger partial charge in [0, 0.05) is 25.7 Å². The van der Waals surface area contributed by atoms with E-state index >= 15 is 0 Å². The molecule has 1 saturated carbocycles. The lowest BCUT2D eigenvalue weighted by Crippen LogP contribution is -2.38. The molecule has 1 amide bonds. The van der Waals surface area contributed by atoms with Crippen molar-refractivity contribution in [2.45, 2.75) is 63.2 Å². The van der Waals surface area contributed by atoms with Gasteiger partial charge < -0.3 is 15.0 Å². The molecule has 0 atom stereocenters. The highest BCUT2D eigenvalue weighted by atomic mass is 32.2. The standard InChI is InChI=1S/C17H29N5O2S/c1-2-22-16(21-9-11-24-12-10-21)19-20-17(22)25-13-15(23)18-14-7-5-3-4-6-8-14/h14H,2-13H2,1H3,(H,18,23). The maximum absolute atomic E-state index is 12.3. The highest BCUT2D eigenvalue weighted by molar-refractivity contribution is 7.99. The number of aromatic nitrogens is 3. The molecule has 25 heavy (non-hydrogen) atoms. The van der Waals surface area contributed by atoms with Gasteiger partial charge in [0.2, 0.25) is 11.9 Å². The summed E-state index contributed by atoms with van der Waals surface area (Å²) in [4.78, 5) is 14.5. The van der Waals surface area contributed by atoms with E-state index in [0.717, 1.165) is 56.8 Å². The Morgan fingerprint density at radius 2 is 1.92 bits per heavy atom. The maximum Gasteiger partial charge on any atom is 0.230 e. The van der Waals surface area contributed by atoms with Crippen molar-refractivity contribution >= 4 is 23.6 Å². The topological polar surface area (TPSA) is 72.3 Å². The molecule has 0 radical (unpaired) electrons. The van der Waals surface area contributed by atoms with Gasteiger partial charge in [-0.1, -0.05) is 37.4 Å². The summed E-state index contributed by atoms with van der Waals surface area (Å²) in [5, 5.41) is 12.7. The SMILES string of the molecule is CCn1c(SCC(=O)NC2CCCCCC2)nnc1N1CCOCC1. The van der Waals surface area contributed by atoms with E-state index in [-0.39, 0.29) is 5.91 Å². The summed E-state index contributed by atoms with van der Waals surface area (Å²) in [7, 11) is 0. The molecular weight excluding hydrogens is 338 g/mol. The molecule has 0 unspecified atom stereocenters. The first-order chi connectivity index (χ1) is 12.3. The molecule has 2 heterocycles. The van der Waals surface area contributed by atoms with E-state index in [1.165, 1.54) is 37.4 Å². The van der Waals surface area contributed by atoms with Crippen molar-refractivity contribution in [3.63, 3.8) is 0 Å². The highest BCUT2D eigenvalue weighted by Crippen LogP contribution is 2.23. The fourth-order valence-electron chi connectivity index (χ4n) is 3.48. The first-order valence-electron chi connectivity index (χ1n) is 9.46. The van der Waals surface area contributed by atoms with Gasteiger partial charge in [0.15, 0.2) is 5.16 Å². The Balaban J connectivity index is 1.53. The number of amides is 1. The zero-order valence-electron chi connectivity index (χ0n) is 15.1. The number of ether oxygens (including phenoxy) is 1.